The number of nitrogens with one attached hydrogen (secondary N) is 2. The normalized spacial score (nSPS) is 10.7. The van der Waals surface area contributed by atoms with Gasteiger partial charge in [0.2, 0.25) is 0 Å². The zero-order valence-corrected chi connectivity index (χ0v) is 8.07. The second-order valence-corrected chi connectivity index (χ2v) is 3.39. The van der Waals surface area contributed by atoms with Crippen molar-refractivity contribution in [3.63, 3.8) is 0 Å². The number of H-pyrrole nitrogens is 2. The van der Waals surface area contributed by atoms with E-state index in [1.807, 2.05) is 48.8 Å². The predicted octanol–water partition coefficient (Wildman–Crippen LogP) is 2.04. The Labute approximate surface area is 86.8 Å². The van der Waals surface area contributed by atoms with Crippen molar-refractivity contribution in [2.45, 2.75) is 0 Å². The fourth-order valence-electron chi connectivity index (χ4n) is 1.63. The van der Waals surface area contributed by atoms with Crippen LogP contribution in [0.1, 0.15) is 0 Å². The Morgan fingerprint density at radius 1 is 1.07 bits per heavy atom. The van der Waals surface area contributed by atoms with Crippen molar-refractivity contribution in [1.29, 1.82) is 0 Å². The summed E-state index contributed by atoms with van der Waals surface area (Å²) in [5.41, 5.74) is 3.11. The van der Waals surface area contributed by atoms with Gasteiger partial charge in [0.05, 0.1) is 0 Å². The molecule has 0 bridgehead atoms. The first-order valence-electron chi connectivity index (χ1n) is 4.85. The van der Waals surface area contributed by atoms with Gasteiger partial charge in [-0.2, -0.15) is 0 Å². The van der Waals surface area contributed by atoms with Crippen LogP contribution in [0.25, 0.3) is 22.4 Å². The Bertz CT molecular complexity index is 551. The summed E-state index contributed by atoms with van der Waals surface area (Å²) < 4.78 is 0. The number of rotatable bonds is 1. The molecule has 2 N–H and O–H groups in total. The standard InChI is InChI=1S/C12H9N3/c1-2-4-9(5-3-1)12-14-10-6-7-13-8-11(10)15-12/h1-8H,(H,14,15)/p+1. The van der Waals surface area contributed by atoms with Crippen LogP contribution in [0.15, 0.2) is 48.8 Å². The van der Waals surface area contributed by atoms with E-state index in [-0.39, 0.29) is 0 Å². The predicted molar refractivity (Wildman–Crippen MR) is 58.1 cm³/mol. The van der Waals surface area contributed by atoms with E-state index < -0.39 is 0 Å². The molecule has 0 spiro atoms. The molecule has 0 amide bonds. The third-order valence-corrected chi connectivity index (χ3v) is 2.37. The first-order valence-corrected chi connectivity index (χ1v) is 4.85. The molecule has 0 radical (unpaired) electrons. The molecular weight excluding hydrogens is 186 g/mol. The first kappa shape index (κ1) is 8.17. The van der Waals surface area contributed by atoms with Crippen LogP contribution in [-0.2, 0) is 0 Å². The molecule has 2 aromatic heterocycles. The minimum absolute atomic E-state index is 0.908. The summed E-state index contributed by atoms with van der Waals surface area (Å²) >= 11 is 0. The maximum Gasteiger partial charge on any atom is 0.193 e. The number of fused-ring (bicyclic) bond motifs is 1. The average molecular weight is 196 g/mol. The van der Waals surface area contributed by atoms with Crippen molar-refractivity contribution in [2.24, 2.45) is 0 Å². The summed E-state index contributed by atoms with van der Waals surface area (Å²) in [6.45, 7) is 0. The topological polar surface area (TPSA) is 42.8 Å². The summed E-state index contributed by atoms with van der Waals surface area (Å²) in [6, 6.07) is 12.1. The summed E-state index contributed by atoms with van der Waals surface area (Å²) in [4.78, 5) is 10.8. The minimum atomic E-state index is 0.908. The van der Waals surface area contributed by atoms with Gasteiger partial charge in [-0.15, -0.1) is 0 Å². The highest BCUT2D eigenvalue weighted by atomic mass is 14.9. The van der Waals surface area contributed by atoms with E-state index in [2.05, 4.69) is 15.0 Å². The summed E-state index contributed by atoms with van der Waals surface area (Å²) in [7, 11) is 0. The number of aromatic amines is 2. The lowest BCUT2D eigenvalue weighted by molar-refractivity contribution is -0.376. The third-order valence-electron chi connectivity index (χ3n) is 2.37. The van der Waals surface area contributed by atoms with E-state index in [4.69, 9.17) is 0 Å². The Morgan fingerprint density at radius 3 is 2.73 bits per heavy atom. The molecule has 3 nitrogen and oxygen atoms in total. The number of imidazole rings is 1. The Balaban J connectivity index is 2.21. The van der Waals surface area contributed by atoms with Crippen LogP contribution in [0.2, 0.25) is 0 Å². The van der Waals surface area contributed by atoms with Gasteiger partial charge < -0.3 is 4.98 Å². The van der Waals surface area contributed by atoms with Crippen molar-refractivity contribution in [2.75, 3.05) is 0 Å². The fourth-order valence-corrected chi connectivity index (χ4v) is 1.63. The monoisotopic (exact) mass is 196 g/mol. The minimum Gasteiger partial charge on any atom is -0.333 e. The van der Waals surface area contributed by atoms with Gasteiger partial charge in [0, 0.05) is 11.6 Å². The van der Waals surface area contributed by atoms with Crippen LogP contribution in [-0.4, -0.2) is 9.97 Å². The fraction of sp³-hybridized carbons (Fsp3) is 0. The van der Waals surface area contributed by atoms with E-state index in [0.717, 1.165) is 22.4 Å². The van der Waals surface area contributed by atoms with Crippen molar-refractivity contribution >= 4 is 11.0 Å². The smallest absolute Gasteiger partial charge is 0.193 e. The van der Waals surface area contributed by atoms with Crippen molar-refractivity contribution in [3.8, 4) is 11.4 Å². The first-order chi connectivity index (χ1) is 7.43. The zero-order chi connectivity index (χ0) is 10.1. The number of aromatic nitrogens is 3. The second kappa shape index (κ2) is 3.20. The maximum absolute atomic E-state index is 4.51. The number of hydrogen-bond donors (Lipinski definition) is 1. The van der Waals surface area contributed by atoms with E-state index in [0.29, 0.717) is 0 Å². The Morgan fingerprint density at radius 2 is 1.93 bits per heavy atom. The van der Waals surface area contributed by atoms with Crippen LogP contribution in [0, 0.1) is 0 Å². The quantitative estimate of drug-likeness (QED) is 0.636. The van der Waals surface area contributed by atoms with Gasteiger partial charge in [-0.1, -0.05) is 30.3 Å². The largest absolute Gasteiger partial charge is 0.333 e. The van der Waals surface area contributed by atoms with Crippen LogP contribution < -0.4 is 4.98 Å². The Hall–Kier alpha value is -2.16. The van der Waals surface area contributed by atoms with Gasteiger partial charge in [-0.05, 0) is 0 Å². The van der Waals surface area contributed by atoms with E-state index in [1.54, 1.807) is 0 Å². The molecule has 0 aliphatic heterocycles. The van der Waals surface area contributed by atoms with Crippen LogP contribution >= 0.6 is 0 Å². The van der Waals surface area contributed by atoms with Crippen molar-refractivity contribution in [3.05, 3.63) is 48.8 Å². The molecule has 15 heavy (non-hydrogen) atoms. The second-order valence-electron chi connectivity index (χ2n) is 3.39. The molecule has 2 heterocycles. The van der Waals surface area contributed by atoms with Crippen LogP contribution in [0.5, 0.6) is 0 Å². The number of nitrogens with zero attached hydrogens (tertiary/aromatic N) is 1. The number of pyridine rings is 1. The van der Waals surface area contributed by atoms with Gasteiger partial charge in [0.1, 0.15) is 16.9 Å². The van der Waals surface area contributed by atoms with Crippen molar-refractivity contribution < 1.29 is 4.98 Å². The van der Waals surface area contributed by atoms with Gasteiger partial charge >= 0.3 is 0 Å². The van der Waals surface area contributed by atoms with Gasteiger partial charge in [0.25, 0.3) is 0 Å². The molecule has 0 fully saturated rings. The van der Waals surface area contributed by atoms with Gasteiger partial charge in [0.15, 0.2) is 12.4 Å². The SMILES string of the molecule is c1ccc(-c2nc3cc[nH+]cc3[nH]2)cc1. The summed E-state index contributed by atoms with van der Waals surface area (Å²) in [6.07, 6.45) is 3.78. The maximum atomic E-state index is 4.51. The number of hydrogen-bond acceptors (Lipinski definition) is 1. The molecule has 3 rings (SSSR count). The summed E-state index contributed by atoms with van der Waals surface area (Å²) in [5.74, 6) is 0.908. The lowest BCUT2D eigenvalue weighted by Crippen LogP contribution is -1.96. The molecule has 0 saturated carbocycles. The lowest BCUT2D eigenvalue weighted by atomic mass is 10.2. The average Bonchev–Trinajstić information content (AvgIpc) is 2.74. The molecule has 0 unspecified atom stereocenters. The highest BCUT2D eigenvalue weighted by Crippen LogP contribution is 2.18. The molecule has 3 heteroatoms. The molecule has 0 atom stereocenters. The highest BCUT2D eigenvalue weighted by Gasteiger charge is 2.05. The van der Waals surface area contributed by atoms with Crippen LogP contribution in [0.4, 0.5) is 0 Å². The summed E-state index contributed by atoms with van der Waals surface area (Å²) in [5, 5.41) is 0. The molecular formula is C12H10N3+. The Kier molecular flexibility index (Phi) is 1.75. The van der Waals surface area contributed by atoms with Gasteiger partial charge in [-0.3, -0.25) is 0 Å². The lowest BCUT2D eigenvalue weighted by Gasteiger charge is -1.92. The van der Waals surface area contributed by atoms with Gasteiger partial charge in [-0.25, -0.2) is 9.97 Å². The van der Waals surface area contributed by atoms with Crippen molar-refractivity contribution in [1.82, 2.24) is 9.97 Å². The molecule has 0 saturated heterocycles. The van der Waals surface area contributed by atoms with E-state index >= 15 is 0 Å². The van der Waals surface area contributed by atoms with Crippen LogP contribution in [0.3, 0.4) is 0 Å². The molecule has 0 aliphatic carbocycles. The molecule has 3 aromatic rings. The zero-order valence-electron chi connectivity index (χ0n) is 8.07. The molecule has 0 aliphatic rings. The molecule has 72 valence electrons. The highest BCUT2D eigenvalue weighted by molar-refractivity contribution is 5.77. The molecule has 1 aromatic carbocycles. The number of benzene rings is 1. The van der Waals surface area contributed by atoms with E-state index in [1.165, 1.54) is 0 Å². The van der Waals surface area contributed by atoms with E-state index in [9.17, 15) is 0 Å². The third kappa shape index (κ3) is 1.38.